The van der Waals surface area contributed by atoms with E-state index in [-0.39, 0.29) is 5.91 Å². The number of hydrogen-bond donors (Lipinski definition) is 1. The maximum atomic E-state index is 12.2. The molecule has 0 saturated carbocycles. The standard InChI is InChI=1S/C16H29N3O4/c20-15(1-4-17-5-8-18-9-11-21-12-10-18)19-6-2-16(3-7-19)22-13-14-23-16/h17H,1-14H2. The Bertz CT molecular complexity index is 372. The van der Waals surface area contributed by atoms with Crippen molar-refractivity contribution in [2.45, 2.75) is 25.0 Å². The zero-order valence-corrected chi connectivity index (χ0v) is 13.9. The van der Waals surface area contributed by atoms with Crippen LogP contribution in [0, 0.1) is 0 Å². The number of amides is 1. The van der Waals surface area contributed by atoms with Gasteiger partial charge in [-0.3, -0.25) is 9.69 Å². The van der Waals surface area contributed by atoms with Gasteiger partial charge in [-0.05, 0) is 0 Å². The molecule has 0 bridgehead atoms. The van der Waals surface area contributed by atoms with Crippen LogP contribution in [-0.4, -0.2) is 93.7 Å². The van der Waals surface area contributed by atoms with E-state index in [1.807, 2.05) is 4.90 Å². The zero-order valence-electron chi connectivity index (χ0n) is 13.9. The highest BCUT2D eigenvalue weighted by atomic mass is 16.7. The van der Waals surface area contributed by atoms with Gasteiger partial charge in [0, 0.05) is 65.1 Å². The first kappa shape index (κ1) is 17.1. The molecule has 1 spiro atoms. The number of rotatable bonds is 6. The lowest BCUT2D eigenvalue weighted by Gasteiger charge is -2.37. The van der Waals surface area contributed by atoms with Gasteiger partial charge in [0.2, 0.25) is 5.91 Å². The minimum Gasteiger partial charge on any atom is -0.379 e. The van der Waals surface area contributed by atoms with Crippen molar-refractivity contribution >= 4 is 5.91 Å². The van der Waals surface area contributed by atoms with Crippen molar-refractivity contribution in [3.8, 4) is 0 Å². The van der Waals surface area contributed by atoms with Crippen molar-refractivity contribution in [1.82, 2.24) is 15.1 Å². The second-order valence-corrected chi connectivity index (χ2v) is 6.44. The largest absolute Gasteiger partial charge is 0.379 e. The summed E-state index contributed by atoms with van der Waals surface area (Å²) in [5.41, 5.74) is 0. The van der Waals surface area contributed by atoms with E-state index >= 15 is 0 Å². The second kappa shape index (κ2) is 8.39. The molecule has 0 atom stereocenters. The highest BCUT2D eigenvalue weighted by molar-refractivity contribution is 5.76. The molecular weight excluding hydrogens is 298 g/mol. The molecule has 0 aromatic rings. The summed E-state index contributed by atoms with van der Waals surface area (Å²) in [6, 6.07) is 0. The molecule has 1 N–H and O–H groups in total. The van der Waals surface area contributed by atoms with Crippen LogP contribution in [0.2, 0.25) is 0 Å². The Labute approximate surface area is 138 Å². The Morgan fingerprint density at radius 1 is 0.957 bits per heavy atom. The number of ether oxygens (including phenoxy) is 3. The summed E-state index contributed by atoms with van der Waals surface area (Å²) in [5, 5.41) is 3.37. The van der Waals surface area contributed by atoms with E-state index in [9.17, 15) is 4.79 Å². The van der Waals surface area contributed by atoms with Gasteiger partial charge in [0.1, 0.15) is 0 Å². The lowest BCUT2D eigenvalue weighted by atomic mass is 10.0. The van der Waals surface area contributed by atoms with Crippen molar-refractivity contribution in [2.24, 2.45) is 0 Å². The fourth-order valence-corrected chi connectivity index (χ4v) is 3.42. The van der Waals surface area contributed by atoms with Crippen molar-refractivity contribution in [3.63, 3.8) is 0 Å². The number of likely N-dealkylation sites (tertiary alicyclic amines) is 1. The van der Waals surface area contributed by atoms with Crippen LogP contribution in [0.5, 0.6) is 0 Å². The highest BCUT2D eigenvalue weighted by Gasteiger charge is 2.40. The molecule has 3 rings (SSSR count). The number of carbonyl (C=O) groups is 1. The van der Waals surface area contributed by atoms with Crippen LogP contribution in [0.1, 0.15) is 19.3 Å². The van der Waals surface area contributed by atoms with Crippen molar-refractivity contribution < 1.29 is 19.0 Å². The molecule has 1 amide bonds. The van der Waals surface area contributed by atoms with E-state index in [1.54, 1.807) is 0 Å². The maximum Gasteiger partial charge on any atom is 0.223 e. The third-order valence-corrected chi connectivity index (χ3v) is 4.92. The molecule has 0 aliphatic carbocycles. The van der Waals surface area contributed by atoms with Gasteiger partial charge in [0.15, 0.2) is 5.79 Å². The minimum atomic E-state index is -0.396. The molecule has 0 aromatic heterocycles. The van der Waals surface area contributed by atoms with Crippen LogP contribution in [0.4, 0.5) is 0 Å². The third-order valence-electron chi connectivity index (χ3n) is 4.92. The molecule has 7 heteroatoms. The molecule has 23 heavy (non-hydrogen) atoms. The molecule has 0 radical (unpaired) electrons. The smallest absolute Gasteiger partial charge is 0.223 e. The van der Waals surface area contributed by atoms with Crippen LogP contribution < -0.4 is 5.32 Å². The molecule has 132 valence electrons. The van der Waals surface area contributed by atoms with Crippen molar-refractivity contribution in [1.29, 1.82) is 0 Å². The molecule has 0 aromatic carbocycles. The number of carbonyl (C=O) groups excluding carboxylic acids is 1. The number of nitrogens with one attached hydrogen (secondary N) is 1. The summed E-state index contributed by atoms with van der Waals surface area (Å²) in [4.78, 5) is 16.6. The Morgan fingerprint density at radius 2 is 1.65 bits per heavy atom. The van der Waals surface area contributed by atoms with E-state index in [0.29, 0.717) is 19.6 Å². The van der Waals surface area contributed by atoms with Crippen LogP contribution in [0.3, 0.4) is 0 Å². The van der Waals surface area contributed by atoms with Gasteiger partial charge in [0.05, 0.1) is 26.4 Å². The van der Waals surface area contributed by atoms with E-state index in [2.05, 4.69) is 10.2 Å². The quantitative estimate of drug-likeness (QED) is 0.674. The molecule has 3 aliphatic rings. The predicted octanol–water partition coefficient (Wildman–Crippen LogP) is -0.336. The van der Waals surface area contributed by atoms with E-state index < -0.39 is 5.79 Å². The number of morpholine rings is 1. The normalized spacial score (nSPS) is 25.1. The molecule has 3 saturated heterocycles. The molecule has 7 nitrogen and oxygen atoms in total. The van der Waals surface area contributed by atoms with Gasteiger partial charge in [-0.1, -0.05) is 0 Å². The SMILES string of the molecule is O=C(CCNCCN1CCOCC1)N1CCC2(CC1)OCCO2. The molecule has 3 aliphatic heterocycles. The number of hydrogen-bond acceptors (Lipinski definition) is 6. The lowest BCUT2D eigenvalue weighted by Crippen LogP contribution is -2.47. The van der Waals surface area contributed by atoms with Crippen LogP contribution in [0.15, 0.2) is 0 Å². The fourth-order valence-electron chi connectivity index (χ4n) is 3.42. The van der Waals surface area contributed by atoms with Crippen LogP contribution >= 0.6 is 0 Å². The average Bonchev–Trinajstić information content (AvgIpc) is 3.04. The Kier molecular flexibility index (Phi) is 6.24. The van der Waals surface area contributed by atoms with Crippen LogP contribution in [-0.2, 0) is 19.0 Å². The van der Waals surface area contributed by atoms with Gasteiger partial charge in [0.25, 0.3) is 0 Å². The van der Waals surface area contributed by atoms with Crippen LogP contribution in [0.25, 0.3) is 0 Å². The van der Waals surface area contributed by atoms with Gasteiger partial charge < -0.3 is 24.4 Å². The zero-order chi connectivity index (χ0) is 16.0. The van der Waals surface area contributed by atoms with Gasteiger partial charge >= 0.3 is 0 Å². The molecular formula is C16H29N3O4. The first-order chi connectivity index (χ1) is 11.3. The topological polar surface area (TPSA) is 63.3 Å². The van der Waals surface area contributed by atoms with E-state index in [0.717, 1.165) is 71.9 Å². The molecule has 3 heterocycles. The summed E-state index contributed by atoms with van der Waals surface area (Å²) < 4.78 is 16.7. The third kappa shape index (κ3) is 4.87. The fraction of sp³-hybridized carbons (Fsp3) is 0.938. The minimum absolute atomic E-state index is 0.233. The first-order valence-electron chi connectivity index (χ1n) is 8.84. The van der Waals surface area contributed by atoms with Crippen molar-refractivity contribution in [3.05, 3.63) is 0 Å². The van der Waals surface area contributed by atoms with Gasteiger partial charge in [-0.25, -0.2) is 0 Å². The molecule has 3 fully saturated rings. The Morgan fingerprint density at radius 3 is 2.35 bits per heavy atom. The van der Waals surface area contributed by atoms with E-state index in [1.165, 1.54) is 0 Å². The summed E-state index contributed by atoms with van der Waals surface area (Å²) in [6.45, 7) is 9.25. The van der Waals surface area contributed by atoms with Gasteiger partial charge in [-0.15, -0.1) is 0 Å². The molecule has 0 unspecified atom stereocenters. The van der Waals surface area contributed by atoms with Gasteiger partial charge in [-0.2, -0.15) is 0 Å². The Hall–Kier alpha value is -0.730. The predicted molar refractivity (Wildman–Crippen MR) is 85.2 cm³/mol. The average molecular weight is 327 g/mol. The monoisotopic (exact) mass is 327 g/mol. The summed E-state index contributed by atoms with van der Waals surface area (Å²) >= 11 is 0. The number of piperidine rings is 1. The number of nitrogens with zero attached hydrogens (tertiary/aromatic N) is 2. The summed E-state index contributed by atoms with van der Waals surface area (Å²) in [6.07, 6.45) is 2.16. The van der Waals surface area contributed by atoms with E-state index in [4.69, 9.17) is 14.2 Å². The lowest BCUT2D eigenvalue weighted by molar-refractivity contribution is -0.187. The summed E-state index contributed by atoms with van der Waals surface area (Å²) in [7, 11) is 0. The first-order valence-corrected chi connectivity index (χ1v) is 8.84. The summed E-state index contributed by atoms with van der Waals surface area (Å²) in [5.74, 6) is -0.163. The van der Waals surface area contributed by atoms with Crippen molar-refractivity contribution in [2.75, 3.05) is 72.2 Å². The Balaban J connectivity index is 1.25. The second-order valence-electron chi connectivity index (χ2n) is 6.44. The maximum absolute atomic E-state index is 12.2. The highest BCUT2D eigenvalue weighted by Crippen LogP contribution is 2.31.